The largest absolute Gasteiger partial charge is 0.496 e. The van der Waals surface area contributed by atoms with E-state index in [-0.39, 0.29) is 0 Å². The second kappa shape index (κ2) is 6.91. The van der Waals surface area contributed by atoms with Crippen molar-refractivity contribution in [3.8, 4) is 5.75 Å². The summed E-state index contributed by atoms with van der Waals surface area (Å²) in [4.78, 5) is 2.42. The highest BCUT2D eigenvalue weighted by Gasteiger charge is 2.16. The van der Waals surface area contributed by atoms with Crippen LogP contribution >= 0.6 is 0 Å². The monoisotopic (exact) mass is 274 g/mol. The number of para-hydroxylation sites is 1. The lowest BCUT2D eigenvalue weighted by Crippen LogP contribution is -2.38. The Labute approximate surface area is 122 Å². The highest BCUT2D eigenvalue weighted by Crippen LogP contribution is 2.20. The van der Waals surface area contributed by atoms with Crippen molar-refractivity contribution in [1.82, 2.24) is 10.2 Å². The average molecular weight is 274 g/mol. The molecule has 20 heavy (non-hydrogen) atoms. The van der Waals surface area contributed by atoms with E-state index in [1.807, 2.05) is 12.1 Å². The van der Waals surface area contributed by atoms with Gasteiger partial charge in [-0.15, -0.1) is 0 Å². The standard InChI is InChI=1S/C17H26N2O/c1-13(16-10-18-11-16)12-19(3)14(2)9-15-7-5-6-8-17(15)20-4/h5-8,14,18H,9-12H2,1-4H3. The van der Waals surface area contributed by atoms with Crippen LogP contribution in [0.3, 0.4) is 0 Å². The number of ether oxygens (including phenoxy) is 1. The van der Waals surface area contributed by atoms with E-state index in [2.05, 4.69) is 43.2 Å². The first-order valence-corrected chi connectivity index (χ1v) is 7.32. The fourth-order valence-corrected chi connectivity index (χ4v) is 2.54. The number of benzene rings is 1. The van der Waals surface area contributed by atoms with Crippen molar-refractivity contribution in [3.05, 3.63) is 41.0 Å². The van der Waals surface area contributed by atoms with Gasteiger partial charge in [0.2, 0.25) is 0 Å². The Kier molecular flexibility index (Phi) is 5.21. The molecule has 0 aromatic heterocycles. The molecule has 0 spiro atoms. The first kappa shape index (κ1) is 15.1. The number of likely N-dealkylation sites (N-methyl/N-ethyl adjacent to an activating group) is 1. The highest BCUT2D eigenvalue weighted by molar-refractivity contribution is 5.33. The van der Waals surface area contributed by atoms with Crippen LogP contribution in [0.25, 0.3) is 0 Å². The molecular weight excluding hydrogens is 248 g/mol. The van der Waals surface area contributed by atoms with Gasteiger partial charge in [0, 0.05) is 25.7 Å². The third-order valence-corrected chi connectivity index (χ3v) is 4.23. The quantitative estimate of drug-likeness (QED) is 0.807. The van der Waals surface area contributed by atoms with Gasteiger partial charge in [-0.1, -0.05) is 23.8 Å². The van der Waals surface area contributed by atoms with E-state index in [0.29, 0.717) is 6.04 Å². The van der Waals surface area contributed by atoms with Gasteiger partial charge in [-0.3, -0.25) is 4.90 Å². The predicted octanol–water partition coefficient (Wildman–Crippen LogP) is 2.48. The van der Waals surface area contributed by atoms with E-state index in [9.17, 15) is 0 Å². The average Bonchev–Trinajstić information content (AvgIpc) is 2.37. The van der Waals surface area contributed by atoms with Crippen LogP contribution in [0.15, 0.2) is 35.4 Å². The second-order valence-electron chi connectivity index (χ2n) is 5.77. The van der Waals surface area contributed by atoms with Gasteiger partial charge in [0.15, 0.2) is 0 Å². The van der Waals surface area contributed by atoms with Crippen LogP contribution in [0.4, 0.5) is 0 Å². The molecule has 1 aliphatic heterocycles. The van der Waals surface area contributed by atoms with E-state index in [1.54, 1.807) is 12.7 Å². The molecule has 1 aromatic rings. The summed E-state index contributed by atoms with van der Waals surface area (Å²) in [7, 11) is 3.95. The Morgan fingerprint density at radius 1 is 1.35 bits per heavy atom. The lowest BCUT2D eigenvalue weighted by Gasteiger charge is -2.29. The lowest BCUT2D eigenvalue weighted by molar-refractivity contribution is 0.273. The SMILES string of the molecule is COc1ccccc1CC(C)N(C)CC(C)=C1CNC1. The Balaban J connectivity index is 1.95. The van der Waals surface area contributed by atoms with Gasteiger partial charge < -0.3 is 10.1 Å². The number of methoxy groups -OCH3 is 1. The van der Waals surface area contributed by atoms with Gasteiger partial charge in [0.05, 0.1) is 7.11 Å². The van der Waals surface area contributed by atoms with Crippen LogP contribution in [0.5, 0.6) is 5.75 Å². The highest BCUT2D eigenvalue weighted by atomic mass is 16.5. The molecule has 0 bridgehead atoms. The van der Waals surface area contributed by atoms with Gasteiger partial charge in [0.25, 0.3) is 0 Å². The third kappa shape index (κ3) is 3.62. The summed E-state index contributed by atoms with van der Waals surface area (Å²) >= 11 is 0. The lowest BCUT2D eigenvalue weighted by atomic mass is 10.0. The first-order valence-electron chi connectivity index (χ1n) is 7.32. The number of rotatable bonds is 6. The molecule has 1 saturated heterocycles. The second-order valence-corrected chi connectivity index (χ2v) is 5.77. The maximum absolute atomic E-state index is 5.44. The molecule has 1 aromatic carbocycles. The van der Waals surface area contributed by atoms with E-state index in [0.717, 1.165) is 31.8 Å². The molecule has 1 heterocycles. The molecule has 1 atom stereocenters. The minimum absolute atomic E-state index is 0.495. The van der Waals surface area contributed by atoms with Gasteiger partial charge >= 0.3 is 0 Å². The third-order valence-electron chi connectivity index (χ3n) is 4.23. The Bertz CT molecular complexity index is 476. The van der Waals surface area contributed by atoms with E-state index in [1.165, 1.54) is 11.1 Å². The molecule has 0 saturated carbocycles. The van der Waals surface area contributed by atoms with E-state index in [4.69, 9.17) is 4.74 Å². The summed E-state index contributed by atoms with van der Waals surface area (Å²) in [6, 6.07) is 8.79. The summed E-state index contributed by atoms with van der Waals surface area (Å²) in [5.41, 5.74) is 4.37. The van der Waals surface area contributed by atoms with Crippen LogP contribution in [-0.4, -0.2) is 44.7 Å². The minimum Gasteiger partial charge on any atom is -0.496 e. The van der Waals surface area contributed by atoms with Crippen LogP contribution < -0.4 is 10.1 Å². The predicted molar refractivity (Wildman–Crippen MR) is 84.4 cm³/mol. The molecule has 1 fully saturated rings. The summed E-state index contributed by atoms with van der Waals surface area (Å²) < 4.78 is 5.44. The maximum atomic E-state index is 5.44. The Morgan fingerprint density at radius 2 is 2.05 bits per heavy atom. The van der Waals surface area contributed by atoms with Crippen LogP contribution in [0, 0.1) is 0 Å². The van der Waals surface area contributed by atoms with Crippen molar-refractivity contribution < 1.29 is 4.74 Å². The molecule has 0 radical (unpaired) electrons. The Hall–Kier alpha value is -1.32. The van der Waals surface area contributed by atoms with Crippen LogP contribution in [0.1, 0.15) is 19.4 Å². The summed E-state index contributed by atoms with van der Waals surface area (Å²) in [5, 5.41) is 3.31. The van der Waals surface area contributed by atoms with Gasteiger partial charge in [-0.05, 0) is 44.5 Å². The minimum atomic E-state index is 0.495. The van der Waals surface area contributed by atoms with E-state index >= 15 is 0 Å². The molecule has 2 rings (SSSR count). The zero-order valence-corrected chi connectivity index (χ0v) is 13.1. The fraction of sp³-hybridized carbons (Fsp3) is 0.529. The molecular formula is C17H26N2O. The fourth-order valence-electron chi connectivity index (χ4n) is 2.54. The Morgan fingerprint density at radius 3 is 2.65 bits per heavy atom. The zero-order valence-electron chi connectivity index (χ0n) is 13.1. The normalized spacial score (nSPS) is 15.9. The molecule has 1 aliphatic rings. The van der Waals surface area contributed by atoms with E-state index < -0.39 is 0 Å². The van der Waals surface area contributed by atoms with Crippen molar-refractivity contribution in [2.75, 3.05) is 33.8 Å². The summed E-state index contributed by atoms with van der Waals surface area (Å²) in [6.45, 7) is 7.72. The van der Waals surface area contributed by atoms with Crippen molar-refractivity contribution in [1.29, 1.82) is 0 Å². The molecule has 3 heteroatoms. The number of hydrogen-bond acceptors (Lipinski definition) is 3. The van der Waals surface area contributed by atoms with Crippen molar-refractivity contribution >= 4 is 0 Å². The molecule has 3 nitrogen and oxygen atoms in total. The number of nitrogens with one attached hydrogen (secondary N) is 1. The topological polar surface area (TPSA) is 24.5 Å². The molecule has 0 aliphatic carbocycles. The number of hydrogen-bond donors (Lipinski definition) is 1. The van der Waals surface area contributed by atoms with Gasteiger partial charge in [0.1, 0.15) is 5.75 Å². The molecule has 1 unspecified atom stereocenters. The van der Waals surface area contributed by atoms with Crippen molar-refractivity contribution in [2.24, 2.45) is 0 Å². The molecule has 110 valence electrons. The first-order chi connectivity index (χ1) is 9.61. The van der Waals surface area contributed by atoms with Crippen molar-refractivity contribution in [2.45, 2.75) is 26.3 Å². The van der Waals surface area contributed by atoms with Crippen LogP contribution in [0.2, 0.25) is 0 Å². The molecule has 0 amide bonds. The van der Waals surface area contributed by atoms with Crippen molar-refractivity contribution in [3.63, 3.8) is 0 Å². The summed E-state index contributed by atoms with van der Waals surface area (Å²) in [5.74, 6) is 0.992. The maximum Gasteiger partial charge on any atom is 0.122 e. The number of nitrogens with zero attached hydrogens (tertiary/aromatic N) is 1. The van der Waals surface area contributed by atoms with Gasteiger partial charge in [-0.25, -0.2) is 0 Å². The zero-order chi connectivity index (χ0) is 14.5. The smallest absolute Gasteiger partial charge is 0.122 e. The van der Waals surface area contributed by atoms with Crippen LogP contribution in [-0.2, 0) is 6.42 Å². The van der Waals surface area contributed by atoms with Gasteiger partial charge in [-0.2, -0.15) is 0 Å². The molecule has 1 N–H and O–H groups in total. The summed E-state index contributed by atoms with van der Waals surface area (Å²) in [6.07, 6.45) is 1.02.